The Kier molecular flexibility index (Phi) is 4.03. The fourth-order valence-electron chi connectivity index (χ4n) is 4.68. The van der Waals surface area contributed by atoms with E-state index in [1.54, 1.807) is 13.0 Å². The molecule has 27 heavy (non-hydrogen) atoms. The topological polar surface area (TPSA) is 46.5 Å². The Labute approximate surface area is 159 Å². The Morgan fingerprint density at radius 3 is 2.37 bits per heavy atom. The van der Waals surface area contributed by atoms with E-state index in [1.807, 2.05) is 61.5 Å². The summed E-state index contributed by atoms with van der Waals surface area (Å²) in [5, 5.41) is 0. The highest BCUT2D eigenvalue weighted by molar-refractivity contribution is 6.33. The van der Waals surface area contributed by atoms with Crippen molar-refractivity contribution in [1.29, 1.82) is 0 Å². The highest BCUT2D eigenvalue weighted by Gasteiger charge is 2.58. The first-order valence-electron chi connectivity index (χ1n) is 9.13. The van der Waals surface area contributed by atoms with Crippen LogP contribution in [0.5, 0.6) is 0 Å². The number of fused-ring (bicyclic) bond motifs is 3. The van der Waals surface area contributed by atoms with Gasteiger partial charge in [0.2, 0.25) is 0 Å². The van der Waals surface area contributed by atoms with Gasteiger partial charge in [-0.3, -0.25) is 14.6 Å². The van der Waals surface area contributed by atoms with Gasteiger partial charge in [-0.1, -0.05) is 60.7 Å². The normalized spacial score (nSPS) is 23.6. The van der Waals surface area contributed by atoms with E-state index < -0.39 is 5.41 Å². The Morgan fingerprint density at radius 1 is 1.11 bits per heavy atom. The SMILES string of the molecule is C=CCC12C(=O)c3ccccc3C1=NC(C)=C(C(C)=O)C2c1ccccc1. The molecule has 3 nitrogen and oxygen atoms in total. The Bertz CT molecular complexity index is 1030. The second-order valence-electron chi connectivity index (χ2n) is 7.20. The quantitative estimate of drug-likeness (QED) is 0.733. The van der Waals surface area contributed by atoms with E-state index in [1.165, 1.54) is 0 Å². The summed E-state index contributed by atoms with van der Waals surface area (Å²) < 4.78 is 0. The van der Waals surface area contributed by atoms with Crippen LogP contribution in [0.3, 0.4) is 0 Å². The lowest BCUT2D eigenvalue weighted by Crippen LogP contribution is -2.44. The lowest BCUT2D eigenvalue weighted by molar-refractivity contribution is -0.114. The van der Waals surface area contributed by atoms with Crippen LogP contribution in [-0.4, -0.2) is 17.3 Å². The summed E-state index contributed by atoms with van der Waals surface area (Å²) in [7, 11) is 0. The largest absolute Gasteiger partial charge is 0.295 e. The van der Waals surface area contributed by atoms with Crippen molar-refractivity contribution in [3.05, 3.63) is 95.2 Å². The summed E-state index contributed by atoms with van der Waals surface area (Å²) in [6.45, 7) is 7.34. The monoisotopic (exact) mass is 355 g/mol. The number of hydrogen-bond donors (Lipinski definition) is 0. The molecule has 1 heterocycles. The molecule has 3 heteroatoms. The number of benzene rings is 2. The average Bonchev–Trinajstić information content (AvgIpc) is 2.91. The molecular weight excluding hydrogens is 334 g/mol. The van der Waals surface area contributed by atoms with Gasteiger partial charge in [0.25, 0.3) is 0 Å². The molecule has 0 bridgehead atoms. The number of ketones is 2. The average molecular weight is 355 g/mol. The molecule has 2 aliphatic rings. The molecule has 1 aliphatic carbocycles. The molecule has 4 rings (SSSR count). The van der Waals surface area contributed by atoms with Gasteiger partial charge in [-0.2, -0.15) is 0 Å². The van der Waals surface area contributed by atoms with Gasteiger partial charge >= 0.3 is 0 Å². The van der Waals surface area contributed by atoms with Crippen molar-refractivity contribution < 1.29 is 9.59 Å². The maximum atomic E-state index is 13.7. The second kappa shape index (κ2) is 6.27. The van der Waals surface area contributed by atoms with Crippen molar-refractivity contribution >= 4 is 17.3 Å². The van der Waals surface area contributed by atoms with Crippen LogP contribution in [0.1, 0.15) is 47.7 Å². The highest BCUT2D eigenvalue weighted by atomic mass is 16.1. The molecule has 0 radical (unpaired) electrons. The first-order valence-corrected chi connectivity index (χ1v) is 9.13. The zero-order valence-electron chi connectivity index (χ0n) is 15.5. The summed E-state index contributed by atoms with van der Waals surface area (Å²) >= 11 is 0. The van der Waals surface area contributed by atoms with Crippen molar-refractivity contribution in [2.45, 2.75) is 26.2 Å². The molecule has 0 amide bonds. The molecule has 0 saturated heterocycles. The van der Waals surface area contributed by atoms with E-state index in [2.05, 4.69) is 6.58 Å². The molecule has 1 aliphatic heterocycles. The van der Waals surface area contributed by atoms with Crippen molar-refractivity contribution in [1.82, 2.24) is 0 Å². The van der Waals surface area contributed by atoms with Crippen LogP contribution in [0.15, 0.2) is 83.5 Å². The summed E-state index contributed by atoms with van der Waals surface area (Å²) in [5.74, 6) is -0.394. The number of nitrogens with zero attached hydrogens (tertiary/aromatic N) is 1. The van der Waals surface area contributed by atoms with E-state index in [9.17, 15) is 9.59 Å². The molecule has 0 fully saturated rings. The number of hydrogen-bond acceptors (Lipinski definition) is 3. The van der Waals surface area contributed by atoms with Crippen molar-refractivity contribution in [3.8, 4) is 0 Å². The molecule has 134 valence electrons. The summed E-state index contributed by atoms with van der Waals surface area (Å²) in [6.07, 6.45) is 2.20. The first-order chi connectivity index (χ1) is 13.0. The minimum absolute atomic E-state index is 0.0249. The summed E-state index contributed by atoms with van der Waals surface area (Å²) in [5.41, 5.74) is 3.65. The van der Waals surface area contributed by atoms with Crippen molar-refractivity contribution in [2.24, 2.45) is 10.4 Å². The minimum atomic E-state index is -0.923. The van der Waals surface area contributed by atoms with E-state index >= 15 is 0 Å². The van der Waals surface area contributed by atoms with Crippen LogP contribution >= 0.6 is 0 Å². The van der Waals surface area contributed by atoms with E-state index in [-0.39, 0.29) is 17.5 Å². The molecule has 0 spiro atoms. The highest BCUT2D eigenvalue weighted by Crippen LogP contribution is 2.55. The predicted octanol–water partition coefficient (Wildman–Crippen LogP) is 4.89. The number of carbonyl (C=O) groups excluding carboxylic acids is 2. The van der Waals surface area contributed by atoms with Crippen LogP contribution in [0.25, 0.3) is 0 Å². The van der Waals surface area contributed by atoms with Gasteiger partial charge < -0.3 is 0 Å². The molecule has 0 N–H and O–H groups in total. The maximum Gasteiger partial charge on any atom is 0.176 e. The third kappa shape index (κ3) is 2.31. The van der Waals surface area contributed by atoms with Crippen LogP contribution in [-0.2, 0) is 4.79 Å². The molecule has 0 saturated carbocycles. The van der Waals surface area contributed by atoms with Crippen LogP contribution < -0.4 is 0 Å². The molecule has 0 aromatic heterocycles. The number of allylic oxidation sites excluding steroid dienone is 3. The summed E-state index contributed by atoms with van der Waals surface area (Å²) in [6, 6.07) is 17.4. The predicted molar refractivity (Wildman–Crippen MR) is 107 cm³/mol. The number of aliphatic imine (C=N–C) groups is 1. The zero-order valence-corrected chi connectivity index (χ0v) is 15.5. The molecule has 2 aromatic carbocycles. The standard InChI is InChI=1S/C24H21NO2/c1-4-14-24-21(17-10-6-5-7-11-17)20(16(3)26)15(2)25-22(24)18-12-8-9-13-19(18)23(24)27/h4-13,21H,1,14H2,2-3H3. The number of Topliss-reactive ketones (excluding diaryl/α,β-unsaturated/α-hetero) is 2. The van der Waals surface area contributed by atoms with Gasteiger partial charge in [-0.15, -0.1) is 6.58 Å². The fourth-order valence-corrected chi connectivity index (χ4v) is 4.68. The van der Waals surface area contributed by atoms with E-state index in [0.717, 1.165) is 16.8 Å². The van der Waals surface area contributed by atoms with Crippen LogP contribution in [0, 0.1) is 5.41 Å². The van der Waals surface area contributed by atoms with Crippen molar-refractivity contribution in [2.75, 3.05) is 0 Å². The molecule has 2 unspecified atom stereocenters. The van der Waals surface area contributed by atoms with Gasteiger partial charge in [0, 0.05) is 28.3 Å². The third-order valence-electron chi connectivity index (χ3n) is 5.68. The van der Waals surface area contributed by atoms with E-state index in [4.69, 9.17) is 4.99 Å². The maximum absolute atomic E-state index is 13.7. The zero-order chi connectivity index (χ0) is 19.2. The van der Waals surface area contributed by atoms with Crippen LogP contribution in [0.4, 0.5) is 0 Å². The molecule has 2 atom stereocenters. The lowest BCUT2D eigenvalue weighted by atomic mass is 9.61. The number of rotatable bonds is 4. The minimum Gasteiger partial charge on any atom is -0.295 e. The Hall–Kier alpha value is -3.07. The smallest absolute Gasteiger partial charge is 0.176 e. The van der Waals surface area contributed by atoms with Crippen molar-refractivity contribution in [3.63, 3.8) is 0 Å². The fraction of sp³-hybridized carbons (Fsp3) is 0.208. The first kappa shape index (κ1) is 17.3. The van der Waals surface area contributed by atoms with Gasteiger partial charge in [0.05, 0.1) is 11.1 Å². The van der Waals surface area contributed by atoms with E-state index in [0.29, 0.717) is 23.3 Å². The Morgan fingerprint density at radius 2 is 1.74 bits per heavy atom. The van der Waals surface area contributed by atoms with Gasteiger partial charge in [-0.05, 0) is 25.8 Å². The second-order valence-corrected chi connectivity index (χ2v) is 7.20. The Balaban J connectivity index is 2.10. The summed E-state index contributed by atoms with van der Waals surface area (Å²) in [4.78, 5) is 31.2. The third-order valence-corrected chi connectivity index (χ3v) is 5.68. The van der Waals surface area contributed by atoms with Gasteiger partial charge in [0.15, 0.2) is 11.6 Å². The van der Waals surface area contributed by atoms with Gasteiger partial charge in [-0.25, -0.2) is 0 Å². The van der Waals surface area contributed by atoms with Crippen LogP contribution in [0.2, 0.25) is 0 Å². The molecular formula is C24H21NO2. The molecule has 2 aromatic rings. The van der Waals surface area contributed by atoms with Gasteiger partial charge in [0.1, 0.15) is 0 Å². The number of carbonyl (C=O) groups is 2. The lowest BCUT2D eigenvalue weighted by Gasteiger charge is -2.40.